The number of carbonyl (C=O) groups excluding carboxylic acids is 1. The number of ether oxygens (including phenoxy) is 1. The monoisotopic (exact) mass is 304 g/mol. The third kappa shape index (κ3) is 2.49. The number of hydrogen-bond donors (Lipinski definition) is 0. The van der Waals surface area contributed by atoms with Crippen molar-refractivity contribution in [1.82, 2.24) is 0 Å². The number of ketones is 1. The number of Topliss-reactive ketones (excluding diaryl/α,β-unsaturated/α-hetero) is 1. The predicted molar refractivity (Wildman–Crippen MR) is 84.9 cm³/mol. The molecule has 2 nitrogen and oxygen atoms in total. The molecule has 4 rings (SSSR count). The highest BCUT2D eigenvalue weighted by atomic mass is 32.1. The lowest BCUT2D eigenvalue weighted by atomic mass is 9.74. The van der Waals surface area contributed by atoms with Gasteiger partial charge in [-0.25, -0.2) is 0 Å². The summed E-state index contributed by atoms with van der Waals surface area (Å²) < 4.78 is 6.10. The molecule has 1 saturated carbocycles. The van der Waals surface area contributed by atoms with Gasteiger partial charge in [-0.15, -0.1) is 11.3 Å². The minimum atomic E-state index is 0.0602. The molecule has 2 unspecified atom stereocenters. The average molecular weight is 304 g/mol. The second-order valence-corrected chi connectivity index (χ2v) is 8.08. The number of aryl methyl sites for hydroxylation is 1. The van der Waals surface area contributed by atoms with Gasteiger partial charge in [-0.3, -0.25) is 4.79 Å². The van der Waals surface area contributed by atoms with Crippen molar-refractivity contribution in [2.45, 2.75) is 69.3 Å². The van der Waals surface area contributed by atoms with Crippen LogP contribution in [0.3, 0.4) is 0 Å². The minimum Gasteiger partial charge on any atom is -0.375 e. The van der Waals surface area contributed by atoms with Crippen molar-refractivity contribution >= 4 is 17.1 Å². The Labute approximate surface area is 130 Å². The van der Waals surface area contributed by atoms with E-state index in [2.05, 4.69) is 11.4 Å². The molecule has 1 saturated heterocycles. The molecule has 2 fully saturated rings. The Kier molecular flexibility index (Phi) is 3.66. The lowest BCUT2D eigenvalue weighted by Gasteiger charge is -2.39. The van der Waals surface area contributed by atoms with Crippen LogP contribution >= 0.6 is 11.3 Å². The van der Waals surface area contributed by atoms with E-state index >= 15 is 0 Å². The molecule has 2 heterocycles. The summed E-state index contributed by atoms with van der Waals surface area (Å²) in [5.74, 6) is 0.943. The zero-order valence-electron chi connectivity index (χ0n) is 12.6. The maximum Gasteiger partial charge on any atom is 0.143 e. The van der Waals surface area contributed by atoms with Crippen molar-refractivity contribution in [3.63, 3.8) is 0 Å². The van der Waals surface area contributed by atoms with E-state index in [-0.39, 0.29) is 17.4 Å². The molecule has 21 heavy (non-hydrogen) atoms. The van der Waals surface area contributed by atoms with Crippen LogP contribution < -0.4 is 0 Å². The van der Waals surface area contributed by atoms with Crippen LogP contribution in [0.2, 0.25) is 0 Å². The number of thiophene rings is 1. The van der Waals surface area contributed by atoms with Gasteiger partial charge in [0.05, 0.1) is 5.60 Å². The minimum absolute atomic E-state index is 0.0602. The third-order valence-electron chi connectivity index (χ3n) is 5.81. The molecular formula is C18H24O2S. The van der Waals surface area contributed by atoms with Crippen molar-refractivity contribution in [3.05, 3.63) is 21.9 Å². The van der Waals surface area contributed by atoms with Crippen LogP contribution in [-0.4, -0.2) is 18.0 Å². The first kappa shape index (κ1) is 14.0. The third-order valence-corrected chi connectivity index (χ3v) is 6.80. The van der Waals surface area contributed by atoms with E-state index < -0.39 is 0 Å². The van der Waals surface area contributed by atoms with Gasteiger partial charge in [-0.05, 0) is 62.0 Å². The van der Waals surface area contributed by atoms with Gasteiger partial charge in [-0.2, -0.15) is 0 Å². The van der Waals surface area contributed by atoms with Gasteiger partial charge in [0, 0.05) is 23.3 Å². The summed E-state index contributed by atoms with van der Waals surface area (Å²) in [4.78, 5) is 14.6. The fourth-order valence-electron chi connectivity index (χ4n) is 4.70. The topological polar surface area (TPSA) is 26.3 Å². The van der Waals surface area contributed by atoms with Crippen molar-refractivity contribution < 1.29 is 9.53 Å². The summed E-state index contributed by atoms with van der Waals surface area (Å²) >= 11 is 1.84. The highest BCUT2D eigenvalue weighted by molar-refractivity contribution is 7.10. The smallest absolute Gasteiger partial charge is 0.143 e. The average Bonchev–Trinajstić information content (AvgIpc) is 3.15. The highest BCUT2D eigenvalue weighted by Gasteiger charge is 2.43. The second kappa shape index (κ2) is 5.51. The molecule has 1 aromatic heterocycles. The molecule has 0 aromatic carbocycles. The zero-order valence-corrected chi connectivity index (χ0v) is 13.4. The number of carbonyl (C=O) groups is 1. The predicted octanol–water partition coefficient (Wildman–Crippen LogP) is 4.48. The van der Waals surface area contributed by atoms with Gasteiger partial charge in [0.1, 0.15) is 5.78 Å². The largest absolute Gasteiger partial charge is 0.375 e. The van der Waals surface area contributed by atoms with Crippen LogP contribution in [0.1, 0.15) is 67.7 Å². The van der Waals surface area contributed by atoms with Crippen LogP contribution in [0.25, 0.3) is 0 Å². The molecule has 2 atom stereocenters. The molecule has 1 aliphatic heterocycles. The van der Waals surface area contributed by atoms with Crippen molar-refractivity contribution in [2.24, 2.45) is 5.92 Å². The normalized spacial score (nSPS) is 31.2. The molecule has 3 heteroatoms. The summed E-state index contributed by atoms with van der Waals surface area (Å²) in [6.07, 6.45) is 10.2. The number of hydrogen-bond acceptors (Lipinski definition) is 3. The lowest BCUT2D eigenvalue weighted by Crippen LogP contribution is -2.41. The second-order valence-electron chi connectivity index (χ2n) is 7.07. The molecule has 114 valence electrons. The van der Waals surface area contributed by atoms with Crippen molar-refractivity contribution in [2.75, 3.05) is 6.61 Å². The molecule has 1 spiro atoms. The summed E-state index contributed by atoms with van der Waals surface area (Å²) in [7, 11) is 0. The fourth-order valence-corrected chi connectivity index (χ4v) is 5.69. The van der Waals surface area contributed by atoms with E-state index in [1.807, 2.05) is 11.3 Å². The zero-order chi connectivity index (χ0) is 14.3. The van der Waals surface area contributed by atoms with Gasteiger partial charge in [0.2, 0.25) is 0 Å². The molecule has 0 radical (unpaired) electrons. The highest BCUT2D eigenvalue weighted by Crippen LogP contribution is 2.45. The van der Waals surface area contributed by atoms with E-state index in [1.165, 1.54) is 49.0 Å². The van der Waals surface area contributed by atoms with E-state index in [1.54, 1.807) is 0 Å². The Morgan fingerprint density at radius 1 is 1.24 bits per heavy atom. The van der Waals surface area contributed by atoms with Gasteiger partial charge in [0.15, 0.2) is 0 Å². The van der Waals surface area contributed by atoms with E-state index in [4.69, 9.17) is 4.74 Å². The molecule has 0 bridgehead atoms. The molecule has 3 aliphatic rings. The molecule has 1 aromatic rings. The fraction of sp³-hybridized carbons (Fsp3) is 0.722. The lowest BCUT2D eigenvalue weighted by molar-refractivity contribution is -0.138. The first-order chi connectivity index (χ1) is 10.3. The Balaban J connectivity index is 1.53. The van der Waals surface area contributed by atoms with E-state index in [0.717, 1.165) is 25.9 Å². The summed E-state index contributed by atoms with van der Waals surface area (Å²) in [5, 5.41) is 2.17. The van der Waals surface area contributed by atoms with Crippen LogP contribution in [0.5, 0.6) is 0 Å². The molecular weight excluding hydrogens is 280 g/mol. The Hall–Kier alpha value is -0.670. The van der Waals surface area contributed by atoms with Crippen molar-refractivity contribution in [1.29, 1.82) is 0 Å². The first-order valence-corrected chi connectivity index (χ1v) is 9.39. The molecule has 2 aliphatic carbocycles. The maximum atomic E-state index is 13.1. The quantitative estimate of drug-likeness (QED) is 0.805. The summed E-state index contributed by atoms with van der Waals surface area (Å²) in [5.41, 5.74) is 1.41. The van der Waals surface area contributed by atoms with E-state index in [9.17, 15) is 4.79 Å². The molecule has 0 amide bonds. The number of rotatable bonds is 2. The summed E-state index contributed by atoms with van der Waals surface area (Å²) in [6, 6.07) is 2.20. The Morgan fingerprint density at radius 3 is 2.95 bits per heavy atom. The Morgan fingerprint density at radius 2 is 2.10 bits per heavy atom. The van der Waals surface area contributed by atoms with Gasteiger partial charge in [-0.1, -0.05) is 12.8 Å². The van der Waals surface area contributed by atoms with Gasteiger partial charge in [0.25, 0.3) is 0 Å². The van der Waals surface area contributed by atoms with Crippen molar-refractivity contribution in [3.8, 4) is 0 Å². The SMILES string of the molecule is O=C(C1CCOC2(CCCC2)C1)C1CCCc2sccc21. The number of fused-ring (bicyclic) bond motifs is 1. The van der Waals surface area contributed by atoms with Gasteiger partial charge >= 0.3 is 0 Å². The standard InChI is InChI=1S/C18H24O2S/c19-17(15-4-3-5-16-14(15)7-11-21-16)13-6-10-20-18(12-13)8-1-2-9-18/h7,11,13,15H,1-6,8-10,12H2. The van der Waals surface area contributed by atoms with Crippen LogP contribution in [0.4, 0.5) is 0 Å². The van der Waals surface area contributed by atoms with Gasteiger partial charge < -0.3 is 4.74 Å². The van der Waals surface area contributed by atoms with Crippen LogP contribution in [-0.2, 0) is 16.0 Å². The first-order valence-electron chi connectivity index (χ1n) is 8.51. The molecule has 0 N–H and O–H groups in total. The van der Waals surface area contributed by atoms with Crippen LogP contribution in [0.15, 0.2) is 11.4 Å². The van der Waals surface area contributed by atoms with Crippen LogP contribution in [0, 0.1) is 5.92 Å². The summed E-state index contributed by atoms with van der Waals surface area (Å²) in [6.45, 7) is 0.791. The maximum absolute atomic E-state index is 13.1. The Bertz CT molecular complexity index is 527. The van der Waals surface area contributed by atoms with E-state index in [0.29, 0.717) is 5.78 Å².